The van der Waals surface area contributed by atoms with Crippen molar-refractivity contribution in [1.82, 2.24) is 0 Å². The first-order chi connectivity index (χ1) is 2.00. The molecule has 0 bridgehead atoms. The van der Waals surface area contributed by atoms with Crippen LogP contribution in [0, 0.1) is 0 Å². The molecule has 0 aliphatic carbocycles. The maximum absolute atomic E-state index is 3.32. The van der Waals surface area contributed by atoms with Crippen LogP contribution in [0.4, 0.5) is 0 Å². The van der Waals surface area contributed by atoms with Crippen LogP contribution in [0.3, 0.4) is 0 Å². The van der Waals surface area contributed by atoms with Crippen LogP contribution < -0.4 is 0 Å². The summed E-state index contributed by atoms with van der Waals surface area (Å²) in [6.07, 6.45) is 0. The molecule has 0 heterocycles. The average Bonchev–Trinajstić information content (AvgIpc) is 0.722. The van der Waals surface area contributed by atoms with Gasteiger partial charge in [-0.2, -0.15) is 0 Å². The Morgan fingerprint density at radius 3 is 0.625 bits per heavy atom. The molecule has 0 unspecified atom stereocenters. The molecular weight excluding hydrogens is 464 g/mol. The Balaban J connectivity index is -0.0000000267. The van der Waals surface area contributed by atoms with Gasteiger partial charge in [-0.15, -0.1) is 0 Å². The fourth-order valence-corrected chi connectivity index (χ4v) is 0. The quantitative estimate of drug-likeness (QED) is 0.472. The van der Waals surface area contributed by atoms with Gasteiger partial charge in [-0.25, -0.2) is 0 Å². The Labute approximate surface area is 76.3 Å². The van der Waals surface area contributed by atoms with Crippen molar-refractivity contribution in [2.45, 2.75) is 0 Å². The van der Waals surface area contributed by atoms with Crippen molar-refractivity contribution in [2.24, 2.45) is 0 Å². The van der Waals surface area contributed by atoms with E-state index in [0.717, 1.165) is 0 Å². The fraction of sp³-hybridized carbons (Fsp3) is 0. The maximum atomic E-state index is 3.32. The Bertz CT molecular complexity index is 26.8. The van der Waals surface area contributed by atoms with Crippen LogP contribution in [0.1, 0.15) is 0 Å². The molecule has 0 atom stereocenters. The molecule has 6 N–H and O–H groups in total. The molecule has 8 heavy (non-hydrogen) atoms. The summed E-state index contributed by atoms with van der Waals surface area (Å²) in [4.78, 5) is 0. The van der Waals surface area contributed by atoms with Crippen LogP contribution in [0.2, 0.25) is 0 Å². The molecule has 0 saturated heterocycles. The van der Waals surface area contributed by atoms with Crippen LogP contribution in [-0.2, 0) is 7.84 Å². The van der Waals surface area contributed by atoms with E-state index in [1.165, 1.54) is 0 Å². The third kappa shape index (κ3) is 76.9. The van der Waals surface area contributed by atoms with Gasteiger partial charge in [-0.3, -0.25) is 0 Å². The van der Waals surface area contributed by atoms with Gasteiger partial charge in [-0.1, -0.05) is 0 Å². The van der Waals surface area contributed by atoms with Crippen molar-refractivity contribution in [1.29, 1.82) is 0 Å². The Morgan fingerprint density at radius 2 is 0.625 bits per heavy atom. The van der Waals surface area contributed by atoms with Crippen LogP contribution in [-0.4, -0.2) is 16.4 Å². The van der Waals surface area contributed by atoms with Crippen LogP contribution >= 0.6 is 53.2 Å². The molecule has 0 aromatic carbocycles. The molecule has 0 aliphatic heterocycles. The summed E-state index contributed by atoms with van der Waals surface area (Å²) in [6, 6.07) is 0. The van der Waals surface area contributed by atoms with Gasteiger partial charge in [0.05, 0.1) is 0 Å². The van der Waals surface area contributed by atoms with Gasteiger partial charge in [-0.05, 0) is 0 Å². The minimum absolute atomic E-state index is 0. The normalized spacial score (nSPS) is 9.50. The van der Waals surface area contributed by atoms with Crippen molar-refractivity contribution in [2.75, 3.05) is 0 Å². The summed E-state index contributed by atoms with van der Waals surface area (Å²) in [5.74, 6) is 0. The molecule has 0 aromatic rings. The predicted octanol–water partition coefficient (Wildman–Crippen LogP) is 0.906. The van der Waals surface area contributed by atoms with Crippen molar-refractivity contribution < 1.29 is 24.3 Å². The summed E-state index contributed by atoms with van der Waals surface area (Å²) in [7, 11) is -1.77. The standard InChI is InChI=1S/4BrH.Mo.3H2O/h4*1H;;3*1H2/q;;;;+4;;;/p-4. The monoisotopic (exact) mass is 468 g/mol. The van der Waals surface area contributed by atoms with Gasteiger partial charge in [0.15, 0.2) is 0 Å². The summed E-state index contributed by atoms with van der Waals surface area (Å²) >= 11 is 13.3. The molecule has 8 heteroatoms. The van der Waals surface area contributed by atoms with Crippen molar-refractivity contribution in [3.63, 3.8) is 0 Å². The van der Waals surface area contributed by atoms with E-state index in [9.17, 15) is 0 Å². The second-order valence-electron chi connectivity index (χ2n) is 0.350. The summed E-state index contributed by atoms with van der Waals surface area (Å²) in [5.41, 5.74) is 0. The third-order valence-electron chi connectivity index (χ3n) is 0. The van der Waals surface area contributed by atoms with E-state index in [-0.39, 0.29) is 16.4 Å². The van der Waals surface area contributed by atoms with Crippen molar-refractivity contribution in [3.8, 4) is 0 Å². The van der Waals surface area contributed by atoms with Gasteiger partial charge in [0.25, 0.3) is 0 Å². The van der Waals surface area contributed by atoms with E-state index >= 15 is 0 Å². The summed E-state index contributed by atoms with van der Waals surface area (Å²) in [6.45, 7) is 0. The Morgan fingerprint density at radius 1 is 0.625 bits per heavy atom. The van der Waals surface area contributed by atoms with Gasteiger partial charge < -0.3 is 16.4 Å². The topological polar surface area (TPSA) is 94.5 Å². The fourth-order valence-electron chi connectivity index (χ4n) is 0. The molecule has 0 amide bonds. The molecule has 0 radical (unpaired) electrons. The first-order valence-corrected chi connectivity index (χ1v) is 19.0. The van der Waals surface area contributed by atoms with E-state index in [4.69, 9.17) is 0 Å². The molecule has 58 valence electrons. The van der Waals surface area contributed by atoms with Crippen molar-refractivity contribution in [3.05, 3.63) is 0 Å². The van der Waals surface area contributed by atoms with Gasteiger partial charge >= 0.3 is 61.0 Å². The van der Waals surface area contributed by atoms with Gasteiger partial charge in [0, 0.05) is 0 Å². The van der Waals surface area contributed by atoms with E-state index in [1.807, 2.05) is 0 Å². The van der Waals surface area contributed by atoms with Crippen LogP contribution in [0.25, 0.3) is 0 Å². The molecule has 0 rings (SSSR count). The summed E-state index contributed by atoms with van der Waals surface area (Å²) in [5, 5.41) is 0. The first-order valence-electron chi connectivity index (χ1n) is 0.617. The molecule has 0 fully saturated rings. The zero-order valence-corrected chi connectivity index (χ0v) is 11.8. The first kappa shape index (κ1) is 22.4. The number of hydrogen-bond donors (Lipinski definition) is 0. The molecule has 0 aromatic heterocycles. The Kier molecular flexibility index (Phi) is 26.6. The SMILES string of the molecule is O.O.O.[Br][Mo]([Br])([Br])[Br]. The minimum atomic E-state index is -1.77. The van der Waals surface area contributed by atoms with E-state index in [2.05, 4.69) is 53.2 Å². The van der Waals surface area contributed by atoms with Crippen LogP contribution in [0.15, 0.2) is 0 Å². The second kappa shape index (κ2) is 9.49. The molecular formula is H6Br4MoO3. The molecule has 3 nitrogen and oxygen atoms in total. The van der Waals surface area contributed by atoms with E-state index in [1.54, 1.807) is 0 Å². The predicted molar refractivity (Wildman–Crippen MR) is 46.5 cm³/mol. The molecule has 0 aliphatic rings. The number of halogens is 4. The average molecular weight is 470 g/mol. The molecule has 0 saturated carbocycles. The second-order valence-corrected chi connectivity index (χ2v) is 55.9. The Hall–Kier alpha value is 2.49. The van der Waals surface area contributed by atoms with E-state index < -0.39 is 7.84 Å². The molecule has 0 spiro atoms. The van der Waals surface area contributed by atoms with Gasteiger partial charge in [0.2, 0.25) is 0 Å². The van der Waals surface area contributed by atoms with Crippen molar-refractivity contribution >= 4 is 53.2 Å². The zero-order chi connectivity index (χ0) is 4.50. The third-order valence-corrected chi connectivity index (χ3v) is 0. The number of rotatable bonds is 0. The van der Waals surface area contributed by atoms with Crippen LogP contribution in [0.5, 0.6) is 0 Å². The zero-order valence-electron chi connectivity index (χ0n) is 3.42. The van der Waals surface area contributed by atoms with Gasteiger partial charge in [0.1, 0.15) is 0 Å². The summed E-state index contributed by atoms with van der Waals surface area (Å²) < 4.78 is 0. The number of hydrogen-bond acceptors (Lipinski definition) is 0. The van der Waals surface area contributed by atoms with E-state index in [0.29, 0.717) is 0 Å².